The normalized spacial score (nSPS) is 14.1. The summed E-state index contributed by atoms with van der Waals surface area (Å²) >= 11 is 1.45. The van der Waals surface area contributed by atoms with Crippen molar-refractivity contribution in [1.82, 2.24) is 4.98 Å². The molecular weight excluding hydrogens is 272 g/mol. The fraction of sp³-hybridized carbons (Fsp3) is 0.333. The summed E-state index contributed by atoms with van der Waals surface area (Å²) in [5.74, 6) is 1.10. The fourth-order valence-corrected chi connectivity index (χ4v) is 2.68. The first kappa shape index (κ1) is 13.1. The molecular formula is C15H16N2O2S. The molecule has 3 rings (SSSR count). The third-order valence-corrected chi connectivity index (χ3v) is 3.90. The number of amides is 1. The van der Waals surface area contributed by atoms with Crippen molar-refractivity contribution in [1.29, 1.82) is 0 Å². The van der Waals surface area contributed by atoms with E-state index in [1.807, 2.05) is 36.6 Å². The van der Waals surface area contributed by atoms with Crippen LogP contribution in [-0.2, 0) is 4.79 Å². The average molecular weight is 288 g/mol. The molecule has 1 N–H and O–H groups in total. The van der Waals surface area contributed by atoms with Crippen LogP contribution in [-0.4, -0.2) is 17.5 Å². The predicted molar refractivity (Wildman–Crippen MR) is 80.1 cm³/mol. The van der Waals surface area contributed by atoms with Crippen LogP contribution < -0.4 is 10.1 Å². The smallest absolute Gasteiger partial charge is 0.229 e. The first-order valence-corrected chi connectivity index (χ1v) is 7.64. The summed E-state index contributed by atoms with van der Waals surface area (Å²) in [5.41, 5.74) is 1.79. The predicted octanol–water partition coefficient (Wildman–Crippen LogP) is 3.56. The fourth-order valence-electron chi connectivity index (χ4n) is 1.97. The molecule has 1 aromatic heterocycles. The van der Waals surface area contributed by atoms with Gasteiger partial charge in [0.2, 0.25) is 5.91 Å². The second-order valence-corrected chi connectivity index (χ2v) is 5.59. The van der Waals surface area contributed by atoms with E-state index in [-0.39, 0.29) is 11.8 Å². The Bertz CT molecular complexity index is 620. The molecule has 1 aliphatic carbocycles. The Hall–Kier alpha value is -1.88. The van der Waals surface area contributed by atoms with Crippen molar-refractivity contribution >= 4 is 22.4 Å². The maximum absolute atomic E-state index is 11.7. The highest BCUT2D eigenvalue weighted by Gasteiger charge is 2.30. The third-order valence-electron chi connectivity index (χ3n) is 3.15. The lowest BCUT2D eigenvalue weighted by atomic mass is 10.1. The molecule has 0 radical (unpaired) electrons. The maximum Gasteiger partial charge on any atom is 0.229 e. The van der Waals surface area contributed by atoms with Gasteiger partial charge in [-0.3, -0.25) is 4.79 Å². The highest BCUT2D eigenvalue weighted by molar-refractivity contribution is 7.14. The van der Waals surface area contributed by atoms with E-state index in [0.29, 0.717) is 11.7 Å². The minimum atomic E-state index is 0.0870. The van der Waals surface area contributed by atoms with Crippen molar-refractivity contribution < 1.29 is 9.53 Å². The molecule has 104 valence electrons. The van der Waals surface area contributed by atoms with E-state index in [1.165, 1.54) is 11.3 Å². The van der Waals surface area contributed by atoms with E-state index >= 15 is 0 Å². The number of hydrogen-bond donors (Lipinski definition) is 1. The van der Waals surface area contributed by atoms with Crippen molar-refractivity contribution in [2.45, 2.75) is 19.8 Å². The van der Waals surface area contributed by atoms with Crippen molar-refractivity contribution in [2.24, 2.45) is 5.92 Å². The van der Waals surface area contributed by atoms with Crippen molar-refractivity contribution in [3.8, 4) is 17.0 Å². The van der Waals surface area contributed by atoms with E-state index in [1.54, 1.807) is 0 Å². The molecule has 5 heteroatoms. The van der Waals surface area contributed by atoms with Crippen LogP contribution >= 0.6 is 11.3 Å². The van der Waals surface area contributed by atoms with Crippen LogP contribution in [0.4, 0.5) is 5.13 Å². The minimum absolute atomic E-state index is 0.0870. The number of para-hydroxylation sites is 1. The Kier molecular flexibility index (Phi) is 3.69. The lowest BCUT2D eigenvalue weighted by Gasteiger charge is -2.07. The molecule has 1 aromatic carbocycles. The lowest BCUT2D eigenvalue weighted by molar-refractivity contribution is -0.117. The zero-order chi connectivity index (χ0) is 13.9. The number of thiazole rings is 1. The topological polar surface area (TPSA) is 51.2 Å². The van der Waals surface area contributed by atoms with Crippen molar-refractivity contribution in [2.75, 3.05) is 11.9 Å². The van der Waals surface area contributed by atoms with Gasteiger partial charge in [0.15, 0.2) is 5.13 Å². The Balaban J connectivity index is 1.80. The minimum Gasteiger partial charge on any atom is -0.493 e. The molecule has 20 heavy (non-hydrogen) atoms. The number of hydrogen-bond acceptors (Lipinski definition) is 4. The van der Waals surface area contributed by atoms with Crippen LogP contribution in [0, 0.1) is 5.92 Å². The molecule has 0 atom stereocenters. The van der Waals surface area contributed by atoms with Gasteiger partial charge < -0.3 is 10.1 Å². The number of ether oxygens (including phenoxy) is 1. The number of nitrogens with zero attached hydrogens (tertiary/aromatic N) is 1. The summed E-state index contributed by atoms with van der Waals surface area (Å²) in [5, 5.41) is 5.47. The van der Waals surface area contributed by atoms with Crippen LogP contribution in [0.5, 0.6) is 5.75 Å². The number of carbonyl (C=O) groups excluding carboxylic acids is 1. The first-order chi connectivity index (χ1) is 9.78. The van der Waals surface area contributed by atoms with Crippen molar-refractivity contribution in [3.05, 3.63) is 29.6 Å². The van der Waals surface area contributed by atoms with Crippen LogP contribution in [0.15, 0.2) is 29.6 Å². The number of carbonyl (C=O) groups is 1. The van der Waals surface area contributed by atoms with E-state index < -0.39 is 0 Å². The third kappa shape index (κ3) is 2.82. The first-order valence-electron chi connectivity index (χ1n) is 6.76. The van der Waals surface area contributed by atoms with Gasteiger partial charge in [-0.2, -0.15) is 0 Å². The molecule has 2 aromatic rings. The number of rotatable bonds is 5. The molecule has 4 nitrogen and oxygen atoms in total. The van der Waals surface area contributed by atoms with Crippen LogP contribution in [0.25, 0.3) is 11.3 Å². The molecule has 1 saturated carbocycles. The molecule has 0 unspecified atom stereocenters. The van der Waals surface area contributed by atoms with Gasteiger partial charge in [0.05, 0.1) is 12.3 Å². The quantitative estimate of drug-likeness (QED) is 0.915. The van der Waals surface area contributed by atoms with Gasteiger partial charge in [-0.05, 0) is 31.9 Å². The summed E-state index contributed by atoms with van der Waals surface area (Å²) in [6.07, 6.45) is 1.99. The molecule has 0 aliphatic heterocycles. The number of nitrogens with one attached hydrogen (secondary N) is 1. The summed E-state index contributed by atoms with van der Waals surface area (Å²) in [7, 11) is 0. The standard InChI is InChI=1S/C15H16N2O2S/c1-2-19-13-6-4-3-5-11(13)12-9-20-15(16-12)17-14(18)10-7-8-10/h3-6,9-10H,2,7-8H2,1H3,(H,16,17,18). The Morgan fingerprint density at radius 1 is 1.45 bits per heavy atom. The van der Waals surface area contributed by atoms with E-state index in [0.717, 1.165) is 29.8 Å². The van der Waals surface area contributed by atoms with Crippen LogP contribution in [0.2, 0.25) is 0 Å². The maximum atomic E-state index is 11.7. The lowest BCUT2D eigenvalue weighted by Crippen LogP contribution is -2.12. The Labute approximate surface area is 121 Å². The van der Waals surface area contributed by atoms with E-state index in [2.05, 4.69) is 10.3 Å². The molecule has 1 amide bonds. The molecule has 0 saturated heterocycles. The number of anilines is 1. The zero-order valence-electron chi connectivity index (χ0n) is 11.3. The molecule has 1 fully saturated rings. The summed E-state index contributed by atoms with van der Waals surface area (Å²) < 4.78 is 5.61. The summed E-state index contributed by atoms with van der Waals surface area (Å²) in [6, 6.07) is 7.81. The molecule has 0 spiro atoms. The Morgan fingerprint density at radius 2 is 2.25 bits per heavy atom. The second kappa shape index (κ2) is 5.63. The Morgan fingerprint density at radius 3 is 3.00 bits per heavy atom. The number of aromatic nitrogens is 1. The van der Waals surface area contributed by atoms with Gasteiger partial charge in [-0.15, -0.1) is 11.3 Å². The largest absolute Gasteiger partial charge is 0.493 e. The van der Waals surface area contributed by atoms with Gasteiger partial charge in [0.25, 0.3) is 0 Å². The highest BCUT2D eigenvalue weighted by Crippen LogP contribution is 2.34. The molecule has 0 bridgehead atoms. The van der Waals surface area contributed by atoms with E-state index in [4.69, 9.17) is 4.74 Å². The number of benzene rings is 1. The van der Waals surface area contributed by atoms with Gasteiger partial charge in [0, 0.05) is 16.9 Å². The average Bonchev–Trinajstić information content (AvgIpc) is 3.21. The van der Waals surface area contributed by atoms with Crippen molar-refractivity contribution in [3.63, 3.8) is 0 Å². The van der Waals surface area contributed by atoms with Gasteiger partial charge in [-0.25, -0.2) is 4.98 Å². The van der Waals surface area contributed by atoms with Gasteiger partial charge >= 0.3 is 0 Å². The summed E-state index contributed by atoms with van der Waals surface area (Å²) in [4.78, 5) is 16.2. The summed E-state index contributed by atoms with van der Waals surface area (Å²) in [6.45, 7) is 2.57. The monoisotopic (exact) mass is 288 g/mol. The molecule has 1 aliphatic rings. The molecule has 1 heterocycles. The second-order valence-electron chi connectivity index (χ2n) is 4.73. The zero-order valence-corrected chi connectivity index (χ0v) is 12.1. The van der Waals surface area contributed by atoms with Crippen LogP contribution in [0.3, 0.4) is 0 Å². The van der Waals surface area contributed by atoms with Crippen LogP contribution in [0.1, 0.15) is 19.8 Å². The van der Waals surface area contributed by atoms with E-state index in [9.17, 15) is 4.79 Å². The van der Waals surface area contributed by atoms with Gasteiger partial charge in [0.1, 0.15) is 5.75 Å². The van der Waals surface area contributed by atoms with Gasteiger partial charge in [-0.1, -0.05) is 12.1 Å². The SMILES string of the molecule is CCOc1ccccc1-c1csc(NC(=O)C2CC2)n1. The highest BCUT2D eigenvalue weighted by atomic mass is 32.1.